The molecular formula is C27H29F2NO5. The van der Waals surface area contributed by atoms with Gasteiger partial charge in [-0.3, -0.25) is 14.9 Å². The van der Waals surface area contributed by atoms with Crippen molar-refractivity contribution in [1.82, 2.24) is 5.32 Å². The van der Waals surface area contributed by atoms with E-state index in [0.29, 0.717) is 12.2 Å². The Morgan fingerprint density at radius 2 is 1.63 bits per heavy atom. The van der Waals surface area contributed by atoms with Crippen molar-refractivity contribution in [3.63, 3.8) is 0 Å². The van der Waals surface area contributed by atoms with Gasteiger partial charge >= 0.3 is 11.9 Å². The van der Waals surface area contributed by atoms with Gasteiger partial charge in [0.2, 0.25) is 0 Å². The number of nitrogens with one attached hydrogen (secondary N) is 1. The topological polar surface area (TPSA) is 77.8 Å². The molecule has 3 rings (SSSR count). The Bertz CT molecular complexity index is 1110. The van der Waals surface area contributed by atoms with E-state index in [1.807, 2.05) is 44.2 Å². The summed E-state index contributed by atoms with van der Waals surface area (Å²) in [5.41, 5.74) is 1.09. The van der Waals surface area contributed by atoms with E-state index in [0.717, 1.165) is 23.8 Å². The molecule has 8 heteroatoms. The van der Waals surface area contributed by atoms with Crippen LogP contribution in [0.4, 0.5) is 8.78 Å². The molecule has 0 fully saturated rings. The van der Waals surface area contributed by atoms with Gasteiger partial charge in [-0.05, 0) is 42.2 Å². The van der Waals surface area contributed by atoms with Gasteiger partial charge in [0.15, 0.2) is 0 Å². The van der Waals surface area contributed by atoms with Crippen molar-refractivity contribution in [3.05, 3.63) is 83.6 Å². The van der Waals surface area contributed by atoms with Crippen LogP contribution in [0.2, 0.25) is 0 Å². The molecule has 0 saturated heterocycles. The lowest BCUT2D eigenvalue weighted by Gasteiger charge is -2.24. The normalized spacial score (nSPS) is 12.9. The number of carbonyl (C=O) groups is 2. The Balaban J connectivity index is 1.73. The van der Waals surface area contributed by atoms with Gasteiger partial charge in [-0.1, -0.05) is 44.2 Å². The molecule has 35 heavy (non-hydrogen) atoms. The molecule has 2 aromatic carbocycles. The van der Waals surface area contributed by atoms with Crippen LogP contribution < -0.4 is 5.32 Å². The number of hydrogen-bond acceptors (Lipinski definition) is 6. The van der Waals surface area contributed by atoms with E-state index in [-0.39, 0.29) is 30.3 Å². The van der Waals surface area contributed by atoms with Crippen LogP contribution in [0.15, 0.2) is 65.1 Å². The van der Waals surface area contributed by atoms with Crippen LogP contribution in [0.1, 0.15) is 31.6 Å². The van der Waals surface area contributed by atoms with Crippen molar-refractivity contribution in [2.24, 2.45) is 5.92 Å². The molecule has 6 nitrogen and oxygen atoms in total. The van der Waals surface area contributed by atoms with Gasteiger partial charge in [-0.25, -0.2) is 8.78 Å². The van der Waals surface area contributed by atoms with Gasteiger partial charge in [0.05, 0.1) is 7.11 Å². The molecule has 186 valence electrons. The van der Waals surface area contributed by atoms with Crippen molar-refractivity contribution in [2.45, 2.75) is 45.4 Å². The van der Waals surface area contributed by atoms with Crippen LogP contribution in [0, 0.1) is 17.6 Å². The largest absolute Gasteiger partial charge is 0.468 e. The number of halogens is 2. The van der Waals surface area contributed by atoms with Crippen LogP contribution in [-0.4, -0.2) is 31.1 Å². The van der Waals surface area contributed by atoms with E-state index in [4.69, 9.17) is 13.9 Å². The molecule has 1 heterocycles. The number of carbonyl (C=O) groups excluding carboxylic acids is 2. The molecular weight excluding hydrogens is 456 g/mol. The van der Waals surface area contributed by atoms with Crippen LogP contribution in [0.25, 0.3) is 11.3 Å². The van der Waals surface area contributed by atoms with E-state index in [1.54, 1.807) is 12.1 Å². The number of ether oxygens (including phenoxy) is 2. The number of furan rings is 1. The first-order valence-corrected chi connectivity index (χ1v) is 11.3. The molecule has 0 spiro atoms. The molecule has 0 aliphatic rings. The summed E-state index contributed by atoms with van der Waals surface area (Å²) in [5, 5.41) is 3.06. The first kappa shape index (κ1) is 26.1. The van der Waals surface area contributed by atoms with Gasteiger partial charge in [-0.15, -0.1) is 0 Å². The van der Waals surface area contributed by atoms with Gasteiger partial charge in [0.25, 0.3) is 0 Å². The SMILES string of the molecule is COC(=O)C(Cc1ccc(-c2cc(F)cc(F)c2)o1)NC(CC(C)C)C(=O)OCc1ccccc1. The fourth-order valence-corrected chi connectivity index (χ4v) is 3.67. The molecule has 2 atom stereocenters. The summed E-state index contributed by atoms with van der Waals surface area (Å²) in [7, 11) is 1.26. The molecule has 0 saturated carbocycles. The average molecular weight is 486 g/mol. The Kier molecular flexibility index (Phi) is 9.14. The van der Waals surface area contributed by atoms with Crippen molar-refractivity contribution < 1.29 is 32.3 Å². The number of hydrogen-bond donors (Lipinski definition) is 1. The first-order chi connectivity index (χ1) is 16.7. The minimum Gasteiger partial charge on any atom is -0.468 e. The molecule has 1 N–H and O–H groups in total. The molecule has 0 radical (unpaired) electrons. The van der Waals surface area contributed by atoms with E-state index < -0.39 is 35.7 Å². The minimum absolute atomic E-state index is 0.0605. The summed E-state index contributed by atoms with van der Waals surface area (Å²) in [5.74, 6) is -1.73. The van der Waals surface area contributed by atoms with E-state index in [2.05, 4.69) is 5.32 Å². The Hall–Kier alpha value is -3.52. The smallest absolute Gasteiger partial charge is 0.323 e. The molecule has 0 aliphatic heterocycles. The average Bonchev–Trinajstić information content (AvgIpc) is 3.29. The third-order valence-corrected chi connectivity index (χ3v) is 5.32. The second-order valence-electron chi connectivity index (χ2n) is 8.65. The Labute approximate surface area is 203 Å². The highest BCUT2D eigenvalue weighted by Gasteiger charge is 2.30. The highest BCUT2D eigenvalue weighted by Crippen LogP contribution is 2.25. The quantitative estimate of drug-likeness (QED) is 0.383. The Morgan fingerprint density at radius 3 is 2.26 bits per heavy atom. The minimum atomic E-state index is -0.906. The van der Waals surface area contributed by atoms with E-state index in [1.165, 1.54) is 7.11 Å². The zero-order valence-electron chi connectivity index (χ0n) is 19.9. The number of rotatable bonds is 11. The number of benzene rings is 2. The predicted octanol–water partition coefficient (Wildman–Crippen LogP) is 5.06. The summed E-state index contributed by atoms with van der Waals surface area (Å²) in [6, 6.07) is 13.9. The zero-order chi connectivity index (χ0) is 25.4. The van der Waals surface area contributed by atoms with Crippen molar-refractivity contribution in [1.29, 1.82) is 0 Å². The highest BCUT2D eigenvalue weighted by molar-refractivity contribution is 5.80. The summed E-state index contributed by atoms with van der Waals surface area (Å²) < 4.78 is 43.3. The van der Waals surface area contributed by atoms with Gasteiger partial charge in [-0.2, -0.15) is 0 Å². The molecule has 1 aromatic heterocycles. The van der Waals surface area contributed by atoms with Gasteiger partial charge in [0, 0.05) is 18.1 Å². The number of methoxy groups -OCH3 is 1. The third-order valence-electron chi connectivity index (χ3n) is 5.32. The van der Waals surface area contributed by atoms with E-state index in [9.17, 15) is 18.4 Å². The third kappa shape index (κ3) is 7.75. The molecule has 0 amide bonds. The molecule has 0 aliphatic carbocycles. The first-order valence-electron chi connectivity index (χ1n) is 11.3. The van der Waals surface area contributed by atoms with E-state index >= 15 is 0 Å². The summed E-state index contributed by atoms with van der Waals surface area (Å²) in [6.07, 6.45) is 0.498. The second-order valence-corrected chi connectivity index (χ2v) is 8.65. The van der Waals surface area contributed by atoms with Crippen molar-refractivity contribution in [3.8, 4) is 11.3 Å². The summed E-state index contributed by atoms with van der Waals surface area (Å²) in [4.78, 5) is 25.4. The monoisotopic (exact) mass is 485 g/mol. The zero-order valence-corrected chi connectivity index (χ0v) is 19.9. The lowest BCUT2D eigenvalue weighted by Crippen LogP contribution is -2.49. The van der Waals surface area contributed by atoms with Crippen LogP contribution >= 0.6 is 0 Å². The van der Waals surface area contributed by atoms with Crippen LogP contribution in [0.3, 0.4) is 0 Å². The second kappa shape index (κ2) is 12.3. The summed E-state index contributed by atoms with van der Waals surface area (Å²) >= 11 is 0. The Morgan fingerprint density at radius 1 is 0.943 bits per heavy atom. The fraction of sp³-hybridized carbons (Fsp3) is 0.333. The maximum absolute atomic E-state index is 13.6. The predicted molar refractivity (Wildman–Crippen MR) is 126 cm³/mol. The fourth-order valence-electron chi connectivity index (χ4n) is 3.67. The maximum atomic E-state index is 13.6. The lowest BCUT2D eigenvalue weighted by atomic mass is 10.0. The highest BCUT2D eigenvalue weighted by atomic mass is 19.1. The maximum Gasteiger partial charge on any atom is 0.323 e. The standard InChI is InChI=1S/C27H29F2NO5/c1-17(2)11-23(27(32)34-16-18-7-5-4-6-8-18)30-24(26(31)33-3)15-22-9-10-25(35-22)19-12-20(28)14-21(29)13-19/h4-10,12-14,17,23-24,30H,11,15-16H2,1-3H3. The van der Waals surface area contributed by atoms with Crippen LogP contribution in [-0.2, 0) is 32.1 Å². The van der Waals surface area contributed by atoms with Crippen LogP contribution in [0.5, 0.6) is 0 Å². The lowest BCUT2D eigenvalue weighted by molar-refractivity contribution is -0.149. The molecule has 0 bridgehead atoms. The van der Waals surface area contributed by atoms with Crippen molar-refractivity contribution >= 4 is 11.9 Å². The number of esters is 2. The molecule has 2 unspecified atom stereocenters. The summed E-state index contributed by atoms with van der Waals surface area (Å²) in [6.45, 7) is 4.04. The van der Waals surface area contributed by atoms with Gasteiger partial charge in [0.1, 0.15) is 41.8 Å². The van der Waals surface area contributed by atoms with Crippen molar-refractivity contribution in [2.75, 3.05) is 7.11 Å². The molecule has 3 aromatic rings. The van der Waals surface area contributed by atoms with Gasteiger partial charge < -0.3 is 13.9 Å².